The number of carbonyl (C=O) groups excluding carboxylic acids is 6. The predicted octanol–water partition coefficient (Wildman–Crippen LogP) is -6.94. The molecule has 0 radical (unpaired) electrons. The minimum Gasteiger partial charge on any atom is -0.724 e. The topological polar surface area (TPSA) is 375 Å². The van der Waals surface area contributed by atoms with E-state index in [1.807, 2.05) is 0 Å². The van der Waals surface area contributed by atoms with Crippen molar-refractivity contribution in [3.63, 3.8) is 0 Å². The largest absolute Gasteiger partial charge is 1.00 e. The molecule has 7 aliphatic heterocycles. The Bertz CT molecular complexity index is 2440. The number of fused-ring (bicyclic) bond motifs is 4. The van der Waals surface area contributed by atoms with Crippen LogP contribution in [0.25, 0.3) is 0 Å². The van der Waals surface area contributed by atoms with Crippen LogP contribution in [0, 0.1) is 0 Å². The fraction of sp³-hybridized carbons (Fsp3) is 0.618. The number of nitrogen functional groups attached to an aromatic ring is 1. The van der Waals surface area contributed by atoms with Gasteiger partial charge in [-0.05, 0) is 26.7 Å². The first-order chi connectivity index (χ1) is 29.7. The van der Waals surface area contributed by atoms with Crippen LogP contribution in [0.15, 0.2) is 21.8 Å². The van der Waals surface area contributed by atoms with Crippen LogP contribution < -0.4 is 51.4 Å². The molecule has 1 aromatic rings. The van der Waals surface area contributed by atoms with Crippen LogP contribution in [0.3, 0.4) is 0 Å². The molecule has 1 aromatic heterocycles. The Balaban J connectivity index is 0.000000202. The minimum absolute atomic E-state index is 0. The second-order valence-corrected chi connectivity index (χ2v) is 22.1. The zero-order valence-corrected chi connectivity index (χ0v) is 40.9. The van der Waals surface area contributed by atoms with Crippen LogP contribution in [0.5, 0.6) is 0 Å². The summed E-state index contributed by atoms with van der Waals surface area (Å²) in [6, 6.07) is -4.29. The van der Waals surface area contributed by atoms with E-state index in [1.165, 1.54) is 37.6 Å². The number of thioether (sulfide) groups is 1. The molecule has 8 heterocycles. The number of hydrogen-bond donors (Lipinski definition) is 4. The average molecular weight is 1000 g/mol. The van der Waals surface area contributed by atoms with Crippen LogP contribution in [0.1, 0.15) is 51.6 Å². The quantitative estimate of drug-likeness (QED) is 0.0304. The number of quaternary nitrogens is 1. The maximum atomic E-state index is 12.9. The molecule has 0 aliphatic carbocycles. The molecular formula is C34H45N10NaO16S4. The number of sulfone groups is 1. The number of nitrogens with zero attached hydrogens (tertiary/aromatic N) is 7. The van der Waals surface area contributed by atoms with E-state index < -0.39 is 101 Å². The molecule has 0 aromatic carbocycles. The number of amides is 6. The molecular weight excluding hydrogens is 956 g/mol. The molecule has 0 unspecified atom stereocenters. The molecule has 8 rings (SSSR count). The Morgan fingerprint density at radius 3 is 2.31 bits per heavy atom. The summed E-state index contributed by atoms with van der Waals surface area (Å²) in [5, 5.41) is 28.1. The van der Waals surface area contributed by atoms with E-state index in [4.69, 9.17) is 21.4 Å². The number of likely N-dealkylation sites (N-methyl/N-ethyl adjacent to an activating group) is 1. The van der Waals surface area contributed by atoms with Gasteiger partial charge in [0.05, 0.1) is 49.0 Å². The summed E-state index contributed by atoms with van der Waals surface area (Å²) in [6.45, 7) is 5.36. The van der Waals surface area contributed by atoms with Crippen LogP contribution in [-0.2, 0) is 58.1 Å². The molecule has 6 atom stereocenters. The Morgan fingerprint density at radius 1 is 1.15 bits per heavy atom. The first kappa shape index (κ1) is 51.8. The van der Waals surface area contributed by atoms with Gasteiger partial charge in [0.2, 0.25) is 22.2 Å². The normalized spacial score (nSPS) is 28.0. The average Bonchev–Trinajstić information content (AvgIpc) is 3.92. The van der Waals surface area contributed by atoms with Gasteiger partial charge in [0.25, 0.3) is 11.8 Å². The predicted molar refractivity (Wildman–Crippen MR) is 218 cm³/mol. The molecule has 65 heavy (non-hydrogen) atoms. The molecule has 6 N–H and O–H groups in total. The Morgan fingerprint density at radius 2 is 1.80 bits per heavy atom. The van der Waals surface area contributed by atoms with Crippen molar-refractivity contribution in [2.24, 2.45) is 10.9 Å². The van der Waals surface area contributed by atoms with Crippen LogP contribution >= 0.6 is 23.1 Å². The summed E-state index contributed by atoms with van der Waals surface area (Å²) in [7, 11) is -5.18. The molecule has 2 bridgehead atoms. The van der Waals surface area contributed by atoms with E-state index in [1.54, 1.807) is 5.38 Å². The van der Waals surface area contributed by atoms with Gasteiger partial charge in [-0.15, -0.1) is 23.1 Å². The number of rotatable bonds is 11. The third-order valence-corrected chi connectivity index (χ3v) is 17.1. The number of piperidine rings is 1. The van der Waals surface area contributed by atoms with Crippen molar-refractivity contribution in [3.8, 4) is 0 Å². The number of hydrogen-bond acceptors (Lipinski definition) is 20. The van der Waals surface area contributed by atoms with Gasteiger partial charge in [-0.25, -0.2) is 31.4 Å². The second kappa shape index (κ2) is 19.2. The number of carboxylic acids is 2. The molecule has 6 fully saturated rings. The number of primary amides is 1. The third-order valence-electron chi connectivity index (χ3n) is 11.9. The fourth-order valence-corrected chi connectivity index (χ4v) is 13.2. The number of β-lactam (4-membered cyclic amide) rings is 2. The first-order valence-electron chi connectivity index (χ1n) is 19.4. The summed E-state index contributed by atoms with van der Waals surface area (Å²) >= 11 is 2.57. The number of thiazole rings is 1. The van der Waals surface area contributed by atoms with E-state index in [9.17, 15) is 60.1 Å². The van der Waals surface area contributed by atoms with Gasteiger partial charge in [-0.3, -0.25) is 24.1 Å². The Labute approximate surface area is 402 Å². The number of carbonyl (C=O) groups is 7. The third kappa shape index (κ3) is 9.96. The van der Waals surface area contributed by atoms with Crippen molar-refractivity contribution in [3.05, 3.63) is 22.3 Å². The van der Waals surface area contributed by atoms with Gasteiger partial charge in [0.15, 0.2) is 20.7 Å². The summed E-state index contributed by atoms with van der Waals surface area (Å²) in [5.74, 6) is -4.39. The molecule has 26 nitrogen and oxygen atoms in total. The van der Waals surface area contributed by atoms with E-state index in [0.717, 1.165) is 51.6 Å². The van der Waals surface area contributed by atoms with Crippen LogP contribution in [0.4, 0.5) is 9.93 Å². The van der Waals surface area contributed by atoms with Crippen LogP contribution in [-0.4, -0.2) is 189 Å². The van der Waals surface area contributed by atoms with Gasteiger partial charge < -0.3 is 55.5 Å². The molecule has 352 valence electrons. The monoisotopic (exact) mass is 1000 g/mol. The SMILES string of the molecule is CC1(C)[C@H](C(=O)O)N2C(=O)C[C@H]2S1(=O)=O.CO/N=C(\C(=O)N[C@@H]1C(=O)N2C(C(=O)[O-])=C(C[N+]3(C)CCCC3)CS[C@H]12)c1csc(N)n1.NC(=O)[C@@H]1CC[C@@H]2CN1C(=O)N2OS(=O)(=O)[O-].[Na+]. The zero-order chi connectivity index (χ0) is 47.4. The van der Waals surface area contributed by atoms with E-state index in [2.05, 4.69) is 26.8 Å². The summed E-state index contributed by atoms with van der Waals surface area (Å²) < 4.78 is 58.5. The summed E-state index contributed by atoms with van der Waals surface area (Å²) in [5.41, 5.74) is 11.5. The molecule has 7 aliphatic rings. The number of anilines is 1. The van der Waals surface area contributed by atoms with Crippen molar-refractivity contribution in [2.75, 3.05) is 51.8 Å². The molecule has 0 spiro atoms. The smallest absolute Gasteiger partial charge is 0.724 e. The summed E-state index contributed by atoms with van der Waals surface area (Å²) in [6.07, 6.45) is 2.80. The molecule has 0 saturated carbocycles. The number of oxime groups is 1. The Hall–Kier alpha value is -4.14. The van der Waals surface area contributed by atoms with Crippen molar-refractivity contribution in [2.45, 2.75) is 85.6 Å². The number of nitrogens with two attached hydrogens (primary N) is 2. The summed E-state index contributed by atoms with van der Waals surface area (Å²) in [4.78, 5) is 94.7. The maximum absolute atomic E-state index is 12.9. The van der Waals surface area contributed by atoms with Gasteiger partial charge in [0, 0.05) is 36.1 Å². The van der Waals surface area contributed by atoms with E-state index >= 15 is 0 Å². The van der Waals surface area contributed by atoms with E-state index in [0.29, 0.717) is 35.8 Å². The number of aliphatic carboxylic acids is 2. The minimum atomic E-state index is -5.00. The zero-order valence-electron chi connectivity index (χ0n) is 35.6. The van der Waals surface area contributed by atoms with Crippen molar-refractivity contribution >= 4 is 95.8 Å². The van der Waals surface area contributed by atoms with Gasteiger partial charge in [0.1, 0.15) is 48.2 Å². The fourth-order valence-electron chi connectivity index (χ4n) is 8.77. The number of carboxylic acid groups (broad SMARTS) is 2. The Kier molecular flexibility index (Phi) is 15.3. The number of urea groups is 1. The van der Waals surface area contributed by atoms with Crippen molar-refractivity contribution < 1.29 is 108 Å². The van der Waals surface area contributed by atoms with Gasteiger partial charge in [-0.2, -0.15) is 9.35 Å². The van der Waals surface area contributed by atoms with Gasteiger partial charge >= 0.3 is 41.6 Å². The molecule has 6 saturated heterocycles. The maximum Gasteiger partial charge on any atom is 1.00 e. The number of hydroxylamine groups is 2. The number of likely N-dealkylation sites (tertiary alicyclic amines) is 1. The molecule has 31 heteroatoms. The first-order valence-corrected chi connectivity index (χ1v) is 24.2. The number of nitrogens with one attached hydrogen (secondary N) is 1. The van der Waals surface area contributed by atoms with Crippen LogP contribution in [0.2, 0.25) is 0 Å². The second-order valence-electron chi connectivity index (χ2n) is 16.5. The van der Waals surface area contributed by atoms with Gasteiger partial charge in [-0.1, -0.05) is 5.16 Å². The molecule has 6 amide bonds. The standard InChI is InChI=1S/C19H24N6O5S2.C8H11NO5S.C7H11N3O6S.Na/c1-25(5-3-4-6-25)7-10-8-31-17-13(16(27)24(17)14(10)18(28)29)22-15(26)12(23-30-2)11-9-32-19(20)21-11;1-8(2)6(7(11)12)9-4(10)3-5(9)15(8,13)14;8-6(11)5-2-1-4-3-9(5)7(12)10(4)16-17(13,14)15;/h9,13,17H,3-8H2,1-2H3,(H3-,20,21,22,26,28,29);5-6H,3H2,1-2H3,(H,11,12);4-5H,1-3H2,(H2,8,11)(H,13,14,15);/q;;;+1/p-1/b23-12-;;;/t13-,17-;5-,6+;4-,5+;/m111./s1. The van der Waals surface area contributed by atoms with Crippen molar-refractivity contribution in [1.29, 1.82) is 0 Å². The number of aromatic nitrogens is 1. The van der Waals surface area contributed by atoms with Crippen molar-refractivity contribution in [1.82, 2.24) is 30.1 Å². The van der Waals surface area contributed by atoms with E-state index in [-0.39, 0.29) is 64.8 Å².